The molecule has 2 heterocycles. The molecule has 2 rings (SSSR count). The fraction of sp³-hybridized carbons (Fsp3) is 0.385. The average molecular weight is 307 g/mol. The Balaban J connectivity index is 2.40. The SMILES string of the molecule is CCNc1ncnc(N(CC)Cc2cccs2)c1[N+](=O)[O-]. The van der Waals surface area contributed by atoms with Gasteiger partial charge in [-0.25, -0.2) is 9.97 Å². The Labute approximate surface area is 126 Å². The predicted octanol–water partition coefficient (Wildman–Crippen LogP) is 2.90. The van der Waals surface area contributed by atoms with Gasteiger partial charge in [0.1, 0.15) is 6.33 Å². The molecule has 0 fully saturated rings. The van der Waals surface area contributed by atoms with E-state index in [0.717, 1.165) is 4.88 Å². The topological polar surface area (TPSA) is 84.2 Å². The summed E-state index contributed by atoms with van der Waals surface area (Å²) in [6.07, 6.45) is 1.36. The van der Waals surface area contributed by atoms with Crippen LogP contribution in [-0.4, -0.2) is 28.0 Å². The number of rotatable bonds is 7. The molecule has 0 aliphatic rings. The molecule has 0 unspecified atom stereocenters. The molecule has 0 saturated carbocycles. The highest BCUT2D eigenvalue weighted by atomic mass is 32.1. The first-order chi connectivity index (χ1) is 10.2. The molecule has 0 aromatic carbocycles. The maximum atomic E-state index is 11.4. The van der Waals surface area contributed by atoms with Crippen LogP contribution in [0.15, 0.2) is 23.8 Å². The fourth-order valence-corrected chi connectivity index (χ4v) is 2.71. The third kappa shape index (κ3) is 3.46. The van der Waals surface area contributed by atoms with Crippen LogP contribution in [0.25, 0.3) is 0 Å². The molecule has 112 valence electrons. The summed E-state index contributed by atoms with van der Waals surface area (Å²) in [5.41, 5.74) is -0.0715. The quantitative estimate of drug-likeness (QED) is 0.625. The average Bonchev–Trinajstić information content (AvgIpc) is 2.97. The Hall–Kier alpha value is -2.22. The molecule has 0 atom stereocenters. The van der Waals surface area contributed by atoms with E-state index < -0.39 is 4.92 Å². The molecule has 0 bridgehead atoms. The normalized spacial score (nSPS) is 10.4. The van der Waals surface area contributed by atoms with Gasteiger partial charge in [0.05, 0.1) is 11.5 Å². The van der Waals surface area contributed by atoms with Crippen LogP contribution in [0.3, 0.4) is 0 Å². The van der Waals surface area contributed by atoms with Gasteiger partial charge in [-0.2, -0.15) is 0 Å². The molecule has 0 aliphatic heterocycles. The zero-order valence-corrected chi connectivity index (χ0v) is 12.8. The van der Waals surface area contributed by atoms with E-state index in [1.165, 1.54) is 6.33 Å². The van der Waals surface area contributed by atoms with Crippen LogP contribution in [-0.2, 0) is 6.54 Å². The van der Waals surface area contributed by atoms with Gasteiger partial charge < -0.3 is 10.2 Å². The molecule has 2 aromatic heterocycles. The van der Waals surface area contributed by atoms with Crippen molar-refractivity contribution in [3.63, 3.8) is 0 Å². The number of anilines is 2. The second-order valence-electron chi connectivity index (χ2n) is 4.28. The predicted molar refractivity (Wildman–Crippen MR) is 83.9 cm³/mol. The number of nitrogens with zero attached hydrogens (tertiary/aromatic N) is 4. The van der Waals surface area contributed by atoms with Crippen LogP contribution in [0.2, 0.25) is 0 Å². The van der Waals surface area contributed by atoms with Crippen molar-refractivity contribution in [3.8, 4) is 0 Å². The van der Waals surface area contributed by atoms with E-state index in [1.807, 2.05) is 36.3 Å². The number of nitrogens with one attached hydrogen (secondary N) is 1. The Bertz CT molecular complexity index is 603. The zero-order chi connectivity index (χ0) is 15.2. The number of hydrogen-bond acceptors (Lipinski definition) is 7. The maximum Gasteiger partial charge on any atom is 0.353 e. The van der Waals surface area contributed by atoms with E-state index in [1.54, 1.807) is 11.3 Å². The van der Waals surface area contributed by atoms with Crippen molar-refractivity contribution in [1.29, 1.82) is 0 Å². The standard InChI is InChI=1S/C13H17N5O2S/c1-3-14-12-11(18(19)20)13(16-9-15-12)17(4-2)8-10-6-5-7-21-10/h5-7,9H,3-4,8H2,1-2H3,(H,14,15,16). The molecular weight excluding hydrogens is 290 g/mol. The molecule has 2 aromatic rings. The van der Waals surface area contributed by atoms with Crippen LogP contribution in [0.4, 0.5) is 17.3 Å². The Kier molecular flexibility index (Phi) is 5.04. The highest BCUT2D eigenvalue weighted by Crippen LogP contribution is 2.32. The molecular formula is C13H17N5O2S. The van der Waals surface area contributed by atoms with Crippen LogP contribution < -0.4 is 10.2 Å². The lowest BCUT2D eigenvalue weighted by atomic mass is 10.3. The van der Waals surface area contributed by atoms with Gasteiger partial charge in [-0.05, 0) is 25.3 Å². The second kappa shape index (κ2) is 6.98. The lowest BCUT2D eigenvalue weighted by Crippen LogP contribution is -2.24. The summed E-state index contributed by atoms with van der Waals surface area (Å²) < 4.78 is 0. The second-order valence-corrected chi connectivity index (χ2v) is 5.31. The molecule has 0 radical (unpaired) electrons. The molecule has 21 heavy (non-hydrogen) atoms. The van der Waals surface area contributed by atoms with Crippen molar-refractivity contribution in [1.82, 2.24) is 9.97 Å². The highest BCUT2D eigenvalue weighted by Gasteiger charge is 2.26. The Morgan fingerprint density at radius 2 is 2.24 bits per heavy atom. The van der Waals surface area contributed by atoms with Crippen molar-refractivity contribution < 1.29 is 4.92 Å². The van der Waals surface area contributed by atoms with Crippen LogP contribution in [0.1, 0.15) is 18.7 Å². The maximum absolute atomic E-state index is 11.4. The van der Waals surface area contributed by atoms with Crippen LogP contribution in [0, 0.1) is 10.1 Å². The van der Waals surface area contributed by atoms with Crippen molar-refractivity contribution in [2.24, 2.45) is 0 Å². The number of hydrogen-bond donors (Lipinski definition) is 1. The zero-order valence-electron chi connectivity index (χ0n) is 11.9. The van der Waals surface area contributed by atoms with Crippen molar-refractivity contribution >= 4 is 28.7 Å². The molecule has 0 aliphatic carbocycles. The summed E-state index contributed by atoms with van der Waals surface area (Å²) in [6, 6.07) is 3.97. The minimum atomic E-state index is -0.426. The van der Waals surface area contributed by atoms with Crippen LogP contribution >= 0.6 is 11.3 Å². The molecule has 0 amide bonds. The summed E-state index contributed by atoms with van der Waals surface area (Å²) in [5, 5.41) is 16.3. The lowest BCUT2D eigenvalue weighted by Gasteiger charge is -2.21. The number of aromatic nitrogens is 2. The first-order valence-corrected chi connectivity index (χ1v) is 7.55. The third-order valence-electron chi connectivity index (χ3n) is 2.94. The van der Waals surface area contributed by atoms with Gasteiger partial charge in [0, 0.05) is 18.0 Å². The summed E-state index contributed by atoms with van der Waals surface area (Å²) in [5.74, 6) is 0.610. The number of nitro groups is 1. The summed E-state index contributed by atoms with van der Waals surface area (Å²) >= 11 is 1.62. The molecule has 0 spiro atoms. The van der Waals surface area contributed by atoms with E-state index in [0.29, 0.717) is 25.5 Å². The van der Waals surface area contributed by atoms with E-state index in [2.05, 4.69) is 15.3 Å². The van der Waals surface area contributed by atoms with E-state index in [4.69, 9.17) is 0 Å². The monoisotopic (exact) mass is 307 g/mol. The van der Waals surface area contributed by atoms with Crippen LogP contribution in [0.5, 0.6) is 0 Å². The smallest absolute Gasteiger partial charge is 0.353 e. The van der Waals surface area contributed by atoms with Gasteiger partial charge in [0.25, 0.3) is 0 Å². The lowest BCUT2D eigenvalue weighted by molar-refractivity contribution is -0.383. The Morgan fingerprint density at radius 3 is 2.81 bits per heavy atom. The Morgan fingerprint density at radius 1 is 1.43 bits per heavy atom. The van der Waals surface area contributed by atoms with Gasteiger partial charge in [-0.15, -0.1) is 11.3 Å². The van der Waals surface area contributed by atoms with Crippen molar-refractivity contribution in [2.45, 2.75) is 20.4 Å². The molecule has 8 heteroatoms. The fourth-order valence-electron chi connectivity index (χ4n) is 1.99. The molecule has 0 saturated heterocycles. The minimum Gasteiger partial charge on any atom is -0.364 e. The van der Waals surface area contributed by atoms with E-state index >= 15 is 0 Å². The van der Waals surface area contributed by atoms with Crippen molar-refractivity contribution in [2.75, 3.05) is 23.3 Å². The van der Waals surface area contributed by atoms with Gasteiger partial charge in [0.15, 0.2) is 0 Å². The molecule has 1 N–H and O–H groups in total. The first-order valence-electron chi connectivity index (χ1n) is 6.67. The van der Waals surface area contributed by atoms with Gasteiger partial charge in [-0.3, -0.25) is 10.1 Å². The van der Waals surface area contributed by atoms with Gasteiger partial charge >= 0.3 is 5.69 Å². The third-order valence-corrected chi connectivity index (χ3v) is 3.80. The summed E-state index contributed by atoms with van der Waals surface area (Å²) in [7, 11) is 0. The molecule has 7 nitrogen and oxygen atoms in total. The van der Waals surface area contributed by atoms with E-state index in [9.17, 15) is 10.1 Å². The van der Waals surface area contributed by atoms with Gasteiger partial charge in [-0.1, -0.05) is 6.07 Å². The van der Waals surface area contributed by atoms with E-state index in [-0.39, 0.29) is 11.5 Å². The van der Waals surface area contributed by atoms with Gasteiger partial charge in [0.2, 0.25) is 11.6 Å². The van der Waals surface area contributed by atoms with Crippen molar-refractivity contribution in [3.05, 3.63) is 38.8 Å². The largest absolute Gasteiger partial charge is 0.364 e. The minimum absolute atomic E-state index is 0.0715. The highest BCUT2D eigenvalue weighted by molar-refractivity contribution is 7.09. The summed E-state index contributed by atoms with van der Waals surface area (Å²) in [4.78, 5) is 22.1. The summed E-state index contributed by atoms with van der Waals surface area (Å²) in [6.45, 7) is 5.61. The first kappa shape index (κ1) is 15.2. The number of thiophene rings is 1.